The molecule has 144 valence electrons. The Hall–Kier alpha value is -2.35. The van der Waals surface area contributed by atoms with Gasteiger partial charge in [-0.15, -0.1) is 0 Å². The van der Waals surface area contributed by atoms with E-state index in [1.807, 2.05) is 6.92 Å². The average Bonchev–Trinajstić information content (AvgIpc) is 2.66. The lowest BCUT2D eigenvalue weighted by Gasteiger charge is -2.30. The van der Waals surface area contributed by atoms with Gasteiger partial charge in [0.2, 0.25) is 5.91 Å². The summed E-state index contributed by atoms with van der Waals surface area (Å²) in [5.41, 5.74) is 0.434. The highest BCUT2D eigenvalue weighted by atomic mass is 16.6. The maximum absolute atomic E-state index is 12.4. The summed E-state index contributed by atoms with van der Waals surface area (Å²) in [7, 11) is 2.90. The van der Waals surface area contributed by atoms with Crippen LogP contribution in [0.1, 0.15) is 31.7 Å². The van der Waals surface area contributed by atoms with Crippen LogP contribution in [0.2, 0.25) is 0 Å². The Kier molecular flexibility index (Phi) is 7.20. The molecular formula is C18H26N2O6. The quantitative estimate of drug-likeness (QED) is 0.560. The Morgan fingerprint density at radius 3 is 2.65 bits per heavy atom. The second-order valence-corrected chi connectivity index (χ2v) is 6.20. The van der Waals surface area contributed by atoms with Crippen molar-refractivity contribution in [1.29, 1.82) is 0 Å². The van der Waals surface area contributed by atoms with E-state index in [0.29, 0.717) is 36.6 Å². The molecule has 1 aromatic rings. The van der Waals surface area contributed by atoms with Crippen molar-refractivity contribution in [3.8, 4) is 11.5 Å². The molecule has 0 radical (unpaired) electrons. The summed E-state index contributed by atoms with van der Waals surface area (Å²) in [4.78, 5) is 23.3. The Balaban J connectivity index is 2.04. The Morgan fingerprint density at radius 2 is 2.04 bits per heavy atom. The molecule has 2 unspecified atom stereocenters. The number of nitro groups is 1. The first-order chi connectivity index (χ1) is 12.5. The number of nitrogens with zero attached hydrogens (tertiary/aromatic N) is 1. The van der Waals surface area contributed by atoms with Crippen molar-refractivity contribution in [3.05, 3.63) is 27.8 Å². The van der Waals surface area contributed by atoms with E-state index in [1.54, 1.807) is 6.07 Å². The molecule has 0 aliphatic carbocycles. The highest BCUT2D eigenvalue weighted by Crippen LogP contribution is 2.34. The molecule has 8 nitrogen and oxygen atoms in total. The van der Waals surface area contributed by atoms with Gasteiger partial charge in [0.05, 0.1) is 37.2 Å². The molecule has 1 heterocycles. The van der Waals surface area contributed by atoms with Crippen molar-refractivity contribution < 1.29 is 23.9 Å². The van der Waals surface area contributed by atoms with Gasteiger partial charge in [-0.1, -0.05) is 6.92 Å². The van der Waals surface area contributed by atoms with Gasteiger partial charge >= 0.3 is 0 Å². The fourth-order valence-corrected chi connectivity index (χ4v) is 3.27. The van der Waals surface area contributed by atoms with Crippen LogP contribution >= 0.6 is 0 Å². The molecule has 2 atom stereocenters. The number of amides is 1. The van der Waals surface area contributed by atoms with Gasteiger partial charge in [-0.05, 0) is 31.7 Å². The number of nitrogens with one attached hydrogen (secondary N) is 1. The van der Waals surface area contributed by atoms with Gasteiger partial charge in [0, 0.05) is 18.7 Å². The number of hydrogen-bond donors (Lipinski definition) is 1. The maximum Gasteiger partial charge on any atom is 0.276 e. The van der Waals surface area contributed by atoms with E-state index in [-0.39, 0.29) is 23.6 Å². The zero-order chi connectivity index (χ0) is 19.1. The van der Waals surface area contributed by atoms with Crippen LogP contribution in [0.3, 0.4) is 0 Å². The molecule has 26 heavy (non-hydrogen) atoms. The van der Waals surface area contributed by atoms with E-state index in [9.17, 15) is 14.9 Å². The molecule has 2 rings (SSSR count). The summed E-state index contributed by atoms with van der Waals surface area (Å²) < 4.78 is 16.0. The van der Waals surface area contributed by atoms with E-state index < -0.39 is 4.92 Å². The number of hydrogen-bond acceptors (Lipinski definition) is 6. The molecule has 1 N–H and O–H groups in total. The first kappa shape index (κ1) is 20.0. The smallest absolute Gasteiger partial charge is 0.276 e. The number of rotatable bonds is 8. The lowest BCUT2D eigenvalue weighted by Crippen LogP contribution is -2.41. The molecule has 1 aliphatic rings. The van der Waals surface area contributed by atoms with Crippen LogP contribution in [0.4, 0.5) is 5.69 Å². The van der Waals surface area contributed by atoms with Gasteiger partial charge in [0.1, 0.15) is 0 Å². The Morgan fingerprint density at radius 1 is 1.35 bits per heavy atom. The first-order valence-electron chi connectivity index (χ1n) is 8.80. The monoisotopic (exact) mass is 366 g/mol. The number of carbonyl (C=O) groups is 1. The van der Waals surface area contributed by atoms with Crippen molar-refractivity contribution >= 4 is 11.6 Å². The second-order valence-electron chi connectivity index (χ2n) is 6.20. The molecule has 1 fully saturated rings. The summed E-state index contributed by atoms with van der Waals surface area (Å²) in [6.45, 7) is 3.01. The summed E-state index contributed by atoms with van der Waals surface area (Å²) in [6, 6.07) is 2.93. The highest BCUT2D eigenvalue weighted by Gasteiger charge is 2.30. The summed E-state index contributed by atoms with van der Waals surface area (Å²) in [6.07, 6.45) is 2.74. The third kappa shape index (κ3) is 4.63. The number of benzene rings is 1. The van der Waals surface area contributed by atoms with E-state index in [0.717, 1.165) is 19.3 Å². The van der Waals surface area contributed by atoms with Gasteiger partial charge in [0.15, 0.2) is 11.5 Å². The minimum Gasteiger partial charge on any atom is -0.493 e. The van der Waals surface area contributed by atoms with Gasteiger partial charge < -0.3 is 19.5 Å². The predicted molar refractivity (Wildman–Crippen MR) is 95.7 cm³/mol. The van der Waals surface area contributed by atoms with Crippen molar-refractivity contribution in [2.24, 2.45) is 5.92 Å². The number of carbonyl (C=O) groups excluding carboxylic acids is 1. The third-order valence-electron chi connectivity index (χ3n) is 4.65. The fourth-order valence-electron chi connectivity index (χ4n) is 3.27. The predicted octanol–water partition coefficient (Wildman–Crippen LogP) is 2.48. The fraction of sp³-hybridized carbons (Fsp3) is 0.611. The van der Waals surface area contributed by atoms with Crippen LogP contribution in [0.15, 0.2) is 12.1 Å². The molecule has 0 spiro atoms. The topological polar surface area (TPSA) is 99.9 Å². The minimum absolute atomic E-state index is 0.0515. The van der Waals surface area contributed by atoms with Gasteiger partial charge in [0.25, 0.3) is 5.69 Å². The van der Waals surface area contributed by atoms with Crippen molar-refractivity contribution in [2.75, 3.05) is 27.4 Å². The molecule has 1 aromatic carbocycles. The van der Waals surface area contributed by atoms with Gasteiger partial charge in [-0.25, -0.2) is 0 Å². The lowest BCUT2D eigenvalue weighted by atomic mass is 9.92. The maximum atomic E-state index is 12.4. The van der Waals surface area contributed by atoms with Crippen molar-refractivity contribution in [1.82, 2.24) is 5.32 Å². The van der Waals surface area contributed by atoms with Gasteiger partial charge in [-0.3, -0.25) is 14.9 Å². The average molecular weight is 366 g/mol. The van der Waals surface area contributed by atoms with Crippen LogP contribution < -0.4 is 14.8 Å². The van der Waals surface area contributed by atoms with Crippen molar-refractivity contribution in [2.45, 2.75) is 38.7 Å². The minimum atomic E-state index is -0.457. The van der Waals surface area contributed by atoms with E-state index >= 15 is 0 Å². The Bertz CT molecular complexity index is 649. The molecule has 1 saturated heterocycles. The summed E-state index contributed by atoms with van der Waals surface area (Å²) in [5.74, 6) is 0.511. The number of nitro benzene ring substituents is 1. The van der Waals surface area contributed by atoms with E-state index in [4.69, 9.17) is 14.2 Å². The van der Waals surface area contributed by atoms with E-state index in [1.165, 1.54) is 20.3 Å². The lowest BCUT2D eigenvalue weighted by molar-refractivity contribution is -0.385. The standard InChI is InChI=1S/C18H26N2O6/c1-4-15-13(6-5-9-26-15)18(21)19-8-7-12-10-16(24-2)17(25-3)11-14(12)20(22)23/h10-11,13,15H,4-9H2,1-3H3,(H,19,21). The largest absolute Gasteiger partial charge is 0.493 e. The first-order valence-corrected chi connectivity index (χ1v) is 8.80. The molecule has 1 amide bonds. The zero-order valence-corrected chi connectivity index (χ0v) is 15.4. The molecule has 1 aliphatic heterocycles. The van der Waals surface area contributed by atoms with Crippen molar-refractivity contribution in [3.63, 3.8) is 0 Å². The summed E-state index contributed by atoms with van der Waals surface area (Å²) in [5, 5.41) is 14.2. The van der Waals surface area contributed by atoms with E-state index in [2.05, 4.69) is 5.32 Å². The third-order valence-corrected chi connectivity index (χ3v) is 4.65. The van der Waals surface area contributed by atoms with Crippen LogP contribution in [0, 0.1) is 16.0 Å². The molecule has 8 heteroatoms. The number of ether oxygens (including phenoxy) is 3. The SMILES string of the molecule is CCC1OCCCC1C(=O)NCCc1cc(OC)c(OC)cc1[N+](=O)[O-]. The van der Waals surface area contributed by atoms with Crippen LogP contribution in [-0.2, 0) is 16.0 Å². The normalized spacial score (nSPS) is 19.7. The van der Waals surface area contributed by atoms with Crippen LogP contribution in [0.25, 0.3) is 0 Å². The summed E-state index contributed by atoms with van der Waals surface area (Å²) >= 11 is 0. The second kappa shape index (κ2) is 9.38. The molecule has 0 saturated carbocycles. The molecule has 0 bridgehead atoms. The number of methoxy groups -OCH3 is 2. The van der Waals surface area contributed by atoms with Crippen LogP contribution in [-0.4, -0.2) is 44.3 Å². The Labute approximate surface area is 153 Å². The zero-order valence-electron chi connectivity index (χ0n) is 15.4. The van der Waals surface area contributed by atoms with Gasteiger partial charge in [-0.2, -0.15) is 0 Å². The molecule has 0 aromatic heterocycles. The molecular weight excluding hydrogens is 340 g/mol. The highest BCUT2D eigenvalue weighted by molar-refractivity contribution is 5.79. The van der Waals surface area contributed by atoms with Crippen LogP contribution in [0.5, 0.6) is 11.5 Å².